The molecular weight excluding hydrogens is 253 g/mol. The highest BCUT2D eigenvalue weighted by Crippen LogP contribution is 2.37. The lowest BCUT2D eigenvalue weighted by Crippen LogP contribution is -2.40. The Hall–Kier alpha value is -0.400. The van der Waals surface area contributed by atoms with Gasteiger partial charge in [-0.1, -0.05) is 37.6 Å². The van der Waals surface area contributed by atoms with E-state index < -0.39 is 0 Å². The number of hydrogen-bond donors (Lipinski definition) is 0. The number of piperidine rings is 1. The highest BCUT2D eigenvalue weighted by Gasteiger charge is 2.28. The van der Waals surface area contributed by atoms with Crippen molar-refractivity contribution in [2.75, 3.05) is 18.0 Å². The van der Waals surface area contributed by atoms with Crippen LogP contribution in [0.2, 0.25) is 5.02 Å². The molecule has 1 aliphatic heterocycles. The minimum atomic E-state index is 0.362. The van der Waals surface area contributed by atoms with Gasteiger partial charge in [-0.25, -0.2) is 0 Å². The van der Waals surface area contributed by atoms with Crippen LogP contribution in [-0.4, -0.2) is 13.1 Å². The minimum absolute atomic E-state index is 0.362. The van der Waals surface area contributed by atoms with Crippen LogP contribution in [0.15, 0.2) is 18.2 Å². The molecule has 0 amide bonds. The van der Waals surface area contributed by atoms with Crippen LogP contribution < -0.4 is 4.90 Å². The molecule has 1 aliphatic rings. The number of alkyl halides is 1. The molecular formula is C14H19Cl2N. The van der Waals surface area contributed by atoms with E-state index in [9.17, 15) is 0 Å². The molecule has 0 bridgehead atoms. The maximum absolute atomic E-state index is 6.33. The van der Waals surface area contributed by atoms with Crippen molar-refractivity contribution in [3.63, 3.8) is 0 Å². The predicted molar refractivity (Wildman–Crippen MR) is 76.2 cm³/mol. The van der Waals surface area contributed by atoms with Crippen LogP contribution in [0.5, 0.6) is 0 Å². The summed E-state index contributed by atoms with van der Waals surface area (Å²) in [5, 5.41) is 0.820. The molecule has 0 aromatic heterocycles. The Morgan fingerprint density at radius 3 is 2.76 bits per heavy atom. The van der Waals surface area contributed by atoms with Gasteiger partial charge in [0.05, 0.1) is 10.7 Å². The Morgan fingerprint density at radius 1 is 1.35 bits per heavy atom. The van der Waals surface area contributed by atoms with Gasteiger partial charge in [0.2, 0.25) is 0 Å². The lowest BCUT2D eigenvalue weighted by atomic mass is 9.84. The summed E-state index contributed by atoms with van der Waals surface area (Å²) in [5.74, 6) is 0.521. The number of para-hydroxylation sites is 1. The second kappa shape index (κ2) is 5.07. The summed E-state index contributed by atoms with van der Waals surface area (Å²) in [6.07, 6.45) is 2.50. The third-order valence-corrected chi connectivity index (χ3v) is 4.02. The highest BCUT2D eigenvalue weighted by molar-refractivity contribution is 6.33. The molecule has 17 heavy (non-hydrogen) atoms. The second-order valence-electron chi connectivity index (χ2n) is 5.57. The molecule has 2 rings (SSSR count). The van der Waals surface area contributed by atoms with Crippen LogP contribution in [0.4, 0.5) is 5.69 Å². The van der Waals surface area contributed by atoms with Crippen molar-refractivity contribution in [1.29, 1.82) is 0 Å². The van der Waals surface area contributed by atoms with Crippen LogP contribution in [0.1, 0.15) is 32.3 Å². The zero-order valence-electron chi connectivity index (χ0n) is 10.5. The average molecular weight is 272 g/mol. The van der Waals surface area contributed by atoms with E-state index in [0.717, 1.165) is 29.4 Å². The Morgan fingerprint density at radius 2 is 2.12 bits per heavy atom. The molecule has 0 atom stereocenters. The molecule has 1 nitrogen and oxygen atoms in total. The lowest BCUT2D eigenvalue weighted by Gasteiger charge is -2.40. The largest absolute Gasteiger partial charge is 0.370 e. The van der Waals surface area contributed by atoms with E-state index in [0.29, 0.717) is 11.3 Å². The second-order valence-corrected chi connectivity index (χ2v) is 6.24. The maximum Gasteiger partial charge on any atom is 0.0642 e. The normalized spacial score (nSPS) is 19.4. The third kappa shape index (κ3) is 2.89. The minimum Gasteiger partial charge on any atom is -0.370 e. The van der Waals surface area contributed by atoms with E-state index in [2.05, 4.69) is 24.8 Å². The zero-order valence-corrected chi connectivity index (χ0v) is 12.0. The summed E-state index contributed by atoms with van der Waals surface area (Å²) in [5.41, 5.74) is 2.63. The van der Waals surface area contributed by atoms with Gasteiger partial charge in [-0.05, 0) is 29.9 Å². The van der Waals surface area contributed by atoms with Crippen molar-refractivity contribution in [3.8, 4) is 0 Å². The summed E-state index contributed by atoms with van der Waals surface area (Å²) in [7, 11) is 0. The molecule has 0 saturated carbocycles. The SMILES string of the molecule is CC1(C)CCCN(c2c(Cl)cccc2CCl)C1. The molecule has 94 valence electrons. The first-order valence-electron chi connectivity index (χ1n) is 6.12. The van der Waals surface area contributed by atoms with Crippen molar-refractivity contribution >= 4 is 28.9 Å². The van der Waals surface area contributed by atoms with Crippen LogP contribution in [0.25, 0.3) is 0 Å². The van der Waals surface area contributed by atoms with Crippen molar-refractivity contribution < 1.29 is 0 Å². The highest BCUT2D eigenvalue weighted by atomic mass is 35.5. The summed E-state index contributed by atoms with van der Waals surface area (Å²) >= 11 is 12.3. The standard InChI is InChI=1S/C14H19Cl2N/c1-14(2)7-4-8-17(10-14)13-11(9-15)5-3-6-12(13)16/h3,5-6H,4,7-10H2,1-2H3. The maximum atomic E-state index is 6.33. The smallest absolute Gasteiger partial charge is 0.0642 e. The zero-order chi connectivity index (χ0) is 12.5. The molecule has 1 heterocycles. The van der Waals surface area contributed by atoms with Crippen LogP contribution >= 0.6 is 23.2 Å². The fraction of sp³-hybridized carbons (Fsp3) is 0.571. The summed E-state index contributed by atoms with van der Waals surface area (Å²) in [4.78, 5) is 2.39. The molecule has 3 heteroatoms. The Kier molecular flexibility index (Phi) is 3.89. The van der Waals surface area contributed by atoms with Gasteiger partial charge >= 0.3 is 0 Å². The first kappa shape index (κ1) is 13.0. The van der Waals surface area contributed by atoms with Crippen LogP contribution in [-0.2, 0) is 5.88 Å². The quantitative estimate of drug-likeness (QED) is 0.705. The van der Waals surface area contributed by atoms with Crippen LogP contribution in [0.3, 0.4) is 0 Å². The summed E-state index contributed by atoms with van der Waals surface area (Å²) in [6, 6.07) is 5.99. The van der Waals surface area contributed by atoms with E-state index in [4.69, 9.17) is 23.2 Å². The number of hydrogen-bond acceptors (Lipinski definition) is 1. The fourth-order valence-corrected chi connectivity index (χ4v) is 3.17. The van der Waals surface area contributed by atoms with Crippen LogP contribution in [0, 0.1) is 5.41 Å². The van der Waals surface area contributed by atoms with Gasteiger partial charge in [0, 0.05) is 19.0 Å². The molecule has 0 spiro atoms. The first-order chi connectivity index (χ1) is 8.03. The van der Waals surface area contributed by atoms with Crippen molar-refractivity contribution in [3.05, 3.63) is 28.8 Å². The summed E-state index contributed by atoms with van der Waals surface area (Å²) in [6.45, 7) is 6.77. The van der Waals surface area contributed by atoms with Gasteiger partial charge < -0.3 is 4.90 Å². The fourth-order valence-electron chi connectivity index (χ4n) is 2.64. The molecule has 0 N–H and O–H groups in total. The Balaban J connectivity index is 2.33. The summed E-state index contributed by atoms with van der Waals surface area (Å²) < 4.78 is 0. The molecule has 0 aliphatic carbocycles. The number of rotatable bonds is 2. The van der Waals surface area contributed by atoms with E-state index in [1.54, 1.807) is 0 Å². The molecule has 0 radical (unpaired) electrons. The van der Waals surface area contributed by atoms with Gasteiger partial charge in [0.25, 0.3) is 0 Å². The lowest BCUT2D eigenvalue weighted by molar-refractivity contribution is 0.293. The number of benzene rings is 1. The average Bonchev–Trinajstić information content (AvgIpc) is 2.27. The molecule has 1 aromatic rings. The van der Waals surface area contributed by atoms with Gasteiger partial charge in [-0.3, -0.25) is 0 Å². The molecule has 1 saturated heterocycles. The third-order valence-electron chi connectivity index (χ3n) is 3.43. The Bertz CT molecular complexity index is 401. The first-order valence-corrected chi connectivity index (χ1v) is 7.03. The van der Waals surface area contributed by atoms with Gasteiger partial charge in [0.15, 0.2) is 0 Å². The molecule has 1 fully saturated rings. The van der Waals surface area contributed by atoms with Gasteiger partial charge in [-0.2, -0.15) is 0 Å². The molecule has 1 aromatic carbocycles. The number of anilines is 1. The molecule has 0 unspecified atom stereocenters. The van der Waals surface area contributed by atoms with Crippen molar-refractivity contribution in [1.82, 2.24) is 0 Å². The van der Waals surface area contributed by atoms with Crippen molar-refractivity contribution in [2.24, 2.45) is 5.41 Å². The van der Waals surface area contributed by atoms with Gasteiger partial charge in [0.1, 0.15) is 0 Å². The number of halogens is 2. The topological polar surface area (TPSA) is 3.24 Å². The number of nitrogens with zero attached hydrogens (tertiary/aromatic N) is 1. The monoisotopic (exact) mass is 271 g/mol. The van der Waals surface area contributed by atoms with Gasteiger partial charge in [-0.15, -0.1) is 11.6 Å². The van der Waals surface area contributed by atoms with E-state index in [1.807, 2.05) is 12.1 Å². The predicted octanol–water partition coefficient (Wildman–Crippen LogP) is 4.71. The van der Waals surface area contributed by atoms with E-state index >= 15 is 0 Å². The Labute approximate surface area is 114 Å². The van der Waals surface area contributed by atoms with E-state index in [1.165, 1.54) is 12.8 Å². The van der Waals surface area contributed by atoms with Crippen molar-refractivity contribution in [2.45, 2.75) is 32.6 Å². The van der Waals surface area contributed by atoms with E-state index in [-0.39, 0.29) is 0 Å².